The predicted molar refractivity (Wildman–Crippen MR) is 183 cm³/mol. The number of esters is 1. The van der Waals surface area contributed by atoms with Crippen molar-refractivity contribution in [2.45, 2.75) is 88.3 Å². The molecule has 1 spiro atoms. The topological polar surface area (TPSA) is 79.3 Å². The van der Waals surface area contributed by atoms with Crippen LogP contribution in [0.2, 0.25) is 0 Å². The number of likely N-dealkylation sites (tertiary alicyclic amines) is 1. The van der Waals surface area contributed by atoms with Crippen molar-refractivity contribution < 1.29 is 37.3 Å². The lowest BCUT2D eigenvalue weighted by atomic mass is 9.48. The molecule has 2 bridgehead atoms. The minimum atomic E-state index is -4.50. The number of nitrogens with zero attached hydrogens (tertiary/aromatic N) is 2. The molecule has 7 rings (SSSR count). The van der Waals surface area contributed by atoms with Crippen molar-refractivity contribution in [2.75, 3.05) is 19.6 Å². The molecule has 2 aliphatic carbocycles. The van der Waals surface area contributed by atoms with Crippen molar-refractivity contribution in [3.63, 3.8) is 0 Å². The molecule has 7 nitrogen and oxygen atoms in total. The van der Waals surface area contributed by atoms with Gasteiger partial charge in [0.15, 0.2) is 11.5 Å². The van der Waals surface area contributed by atoms with Crippen molar-refractivity contribution in [1.29, 1.82) is 0 Å². The zero-order valence-corrected chi connectivity index (χ0v) is 28.6. The Labute approximate surface area is 290 Å². The molecule has 0 radical (unpaired) electrons. The highest BCUT2D eigenvalue weighted by atomic mass is 19.4. The van der Waals surface area contributed by atoms with E-state index in [1.54, 1.807) is 11.0 Å². The van der Waals surface area contributed by atoms with Crippen LogP contribution in [0.1, 0.15) is 67.9 Å². The van der Waals surface area contributed by atoms with Gasteiger partial charge in [-0.05, 0) is 85.5 Å². The fourth-order valence-corrected chi connectivity index (χ4v) is 9.20. The SMILES string of the molecule is CC(=O)Oc1ccc2c3c1O[C@H]1[C@@H](N(CC(C)C)C(=O)C=Cc4cccc(C(F)(F)F)c4)CC[C@@]4(O)[C@@H](C2)N(CCc2ccccc2)CC[C@]314. The van der Waals surface area contributed by atoms with Crippen LogP contribution in [0.25, 0.3) is 6.08 Å². The van der Waals surface area contributed by atoms with E-state index in [0.717, 1.165) is 42.8 Å². The number of hydrogen-bond acceptors (Lipinski definition) is 6. The number of hydrogen-bond donors (Lipinski definition) is 1. The number of amides is 1. The quantitative estimate of drug-likeness (QED) is 0.155. The minimum absolute atomic E-state index is 0.0779. The molecule has 3 aromatic rings. The van der Waals surface area contributed by atoms with Gasteiger partial charge in [0.05, 0.1) is 22.6 Å². The number of rotatable bonds is 9. The third kappa shape index (κ3) is 5.80. The van der Waals surface area contributed by atoms with Gasteiger partial charge in [0.1, 0.15) is 6.10 Å². The number of piperidine rings is 1. The van der Waals surface area contributed by atoms with Gasteiger partial charge in [-0.25, -0.2) is 0 Å². The summed E-state index contributed by atoms with van der Waals surface area (Å²) in [5, 5.41) is 13.1. The second kappa shape index (κ2) is 12.9. The summed E-state index contributed by atoms with van der Waals surface area (Å²) in [4.78, 5) is 30.5. The van der Waals surface area contributed by atoms with E-state index in [9.17, 15) is 27.9 Å². The Morgan fingerprint density at radius 1 is 1.10 bits per heavy atom. The first-order valence-corrected chi connectivity index (χ1v) is 17.5. The summed E-state index contributed by atoms with van der Waals surface area (Å²) >= 11 is 0. The summed E-state index contributed by atoms with van der Waals surface area (Å²) in [5.41, 5.74) is 0.617. The smallest absolute Gasteiger partial charge is 0.416 e. The molecule has 2 heterocycles. The van der Waals surface area contributed by atoms with E-state index in [-0.39, 0.29) is 23.4 Å². The number of benzene rings is 3. The van der Waals surface area contributed by atoms with E-state index >= 15 is 0 Å². The van der Waals surface area contributed by atoms with Gasteiger partial charge >= 0.3 is 12.1 Å². The largest absolute Gasteiger partial charge is 0.483 e. The maximum Gasteiger partial charge on any atom is 0.416 e. The monoisotopic (exact) mass is 688 g/mol. The lowest BCUT2D eigenvalue weighted by Gasteiger charge is -2.65. The Hall–Kier alpha value is -4.15. The van der Waals surface area contributed by atoms with Crippen molar-refractivity contribution in [3.05, 3.63) is 101 Å². The van der Waals surface area contributed by atoms with E-state index in [0.29, 0.717) is 43.7 Å². The summed E-state index contributed by atoms with van der Waals surface area (Å²) in [6, 6.07) is 18.3. The van der Waals surface area contributed by atoms with Crippen molar-refractivity contribution >= 4 is 18.0 Å². The average molecular weight is 689 g/mol. The Bertz CT molecular complexity index is 1810. The molecule has 50 heavy (non-hydrogen) atoms. The number of carbonyl (C=O) groups is 2. The number of aliphatic hydroxyl groups is 1. The fourth-order valence-electron chi connectivity index (χ4n) is 9.20. The highest BCUT2D eigenvalue weighted by Crippen LogP contribution is 2.66. The Morgan fingerprint density at radius 2 is 1.88 bits per heavy atom. The van der Waals surface area contributed by atoms with Crippen LogP contribution in [0, 0.1) is 5.92 Å². The summed E-state index contributed by atoms with van der Waals surface area (Å²) in [7, 11) is 0. The van der Waals surface area contributed by atoms with Gasteiger partial charge in [-0.3, -0.25) is 14.5 Å². The normalized spacial score (nSPS) is 26.8. The molecule has 0 unspecified atom stereocenters. The fraction of sp³-hybridized carbons (Fsp3) is 0.450. The summed E-state index contributed by atoms with van der Waals surface area (Å²) < 4.78 is 52.7. The first kappa shape index (κ1) is 34.3. The van der Waals surface area contributed by atoms with Crippen LogP contribution in [-0.4, -0.2) is 70.2 Å². The van der Waals surface area contributed by atoms with Gasteiger partial charge in [0.25, 0.3) is 0 Å². The Balaban J connectivity index is 1.26. The first-order valence-electron chi connectivity index (χ1n) is 17.5. The molecule has 1 saturated carbocycles. The molecule has 1 amide bonds. The number of halogens is 3. The molecule has 1 saturated heterocycles. The molecular formula is C40H43F3N2O5. The second-order valence-electron chi connectivity index (χ2n) is 14.6. The van der Waals surface area contributed by atoms with Crippen LogP contribution in [0.3, 0.4) is 0 Å². The highest BCUT2D eigenvalue weighted by Gasteiger charge is 2.73. The van der Waals surface area contributed by atoms with Crippen LogP contribution in [-0.2, 0) is 34.0 Å². The Kier molecular flexibility index (Phi) is 8.83. The predicted octanol–water partition coefficient (Wildman–Crippen LogP) is 6.59. The standard InChI is InChI=1S/C40H43F3N2O5/c1-25(2)24-45(34(47)15-12-28-10-7-11-30(22-28)40(41,42)43)31-16-18-39(48)33-23-29-13-14-32(49-26(3)46)36-35(29)38(39,37(31)50-36)19-21-44(33)20-17-27-8-5-4-6-9-27/h4-15,22,25,31,33,37,48H,16-21,23-24H2,1-3H3/t31-,33+,37-,38-,39+/m0/s1. The molecule has 3 aromatic carbocycles. The zero-order chi connectivity index (χ0) is 35.4. The van der Waals surface area contributed by atoms with Gasteiger partial charge in [0, 0.05) is 37.7 Å². The van der Waals surface area contributed by atoms with E-state index in [1.807, 2.05) is 38.1 Å². The number of ether oxygens (including phenoxy) is 2. The second-order valence-corrected chi connectivity index (χ2v) is 14.6. The molecule has 4 aliphatic rings. The Morgan fingerprint density at radius 3 is 2.60 bits per heavy atom. The lowest BCUT2D eigenvalue weighted by Crippen LogP contribution is -2.78. The van der Waals surface area contributed by atoms with Crippen molar-refractivity contribution in [1.82, 2.24) is 9.80 Å². The maximum absolute atomic E-state index is 14.1. The van der Waals surface area contributed by atoms with Crippen LogP contribution in [0.15, 0.2) is 72.8 Å². The van der Waals surface area contributed by atoms with E-state index in [2.05, 4.69) is 17.0 Å². The lowest BCUT2D eigenvalue weighted by molar-refractivity contribution is -0.201. The number of carbonyl (C=O) groups excluding carboxylic acids is 2. The minimum Gasteiger partial charge on any atom is -0.483 e. The number of alkyl halides is 3. The third-order valence-electron chi connectivity index (χ3n) is 11.2. The third-order valence-corrected chi connectivity index (χ3v) is 11.2. The van der Waals surface area contributed by atoms with E-state index in [4.69, 9.17) is 9.47 Å². The molecule has 264 valence electrons. The first-order chi connectivity index (χ1) is 23.8. The molecule has 5 atom stereocenters. The molecule has 2 fully saturated rings. The zero-order valence-electron chi connectivity index (χ0n) is 28.6. The van der Waals surface area contributed by atoms with Crippen molar-refractivity contribution in [2.24, 2.45) is 5.92 Å². The van der Waals surface area contributed by atoms with Gasteiger partial charge in [-0.2, -0.15) is 13.2 Å². The van der Waals surface area contributed by atoms with Gasteiger partial charge in [-0.1, -0.05) is 62.4 Å². The molecule has 10 heteroatoms. The average Bonchev–Trinajstić information content (AvgIpc) is 3.43. The summed E-state index contributed by atoms with van der Waals surface area (Å²) in [6.07, 6.45) is 0.581. The molecular weight excluding hydrogens is 645 g/mol. The van der Waals surface area contributed by atoms with Crippen molar-refractivity contribution in [3.8, 4) is 11.5 Å². The molecule has 0 aromatic heterocycles. The highest BCUT2D eigenvalue weighted by molar-refractivity contribution is 5.92. The van der Waals surface area contributed by atoms with Crippen LogP contribution in [0.5, 0.6) is 11.5 Å². The van der Waals surface area contributed by atoms with Crippen LogP contribution >= 0.6 is 0 Å². The molecule has 1 N–H and O–H groups in total. The van der Waals surface area contributed by atoms with Crippen LogP contribution in [0.4, 0.5) is 13.2 Å². The van der Waals surface area contributed by atoms with Gasteiger partial charge in [-0.15, -0.1) is 0 Å². The van der Waals surface area contributed by atoms with Crippen LogP contribution < -0.4 is 9.47 Å². The maximum atomic E-state index is 14.1. The summed E-state index contributed by atoms with van der Waals surface area (Å²) in [5.74, 6) is 0.0207. The van der Waals surface area contributed by atoms with Gasteiger partial charge < -0.3 is 19.5 Å². The van der Waals surface area contributed by atoms with E-state index in [1.165, 1.54) is 36.8 Å². The van der Waals surface area contributed by atoms with Gasteiger partial charge in [0.2, 0.25) is 5.91 Å². The summed E-state index contributed by atoms with van der Waals surface area (Å²) in [6.45, 7) is 7.25. The molecule has 2 aliphatic heterocycles. The van der Waals surface area contributed by atoms with E-state index < -0.39 is 40.9 Å².